The van der Waals surface area contributed by atoms with E-state index in [0.717, 1.165) is 26.4 Å². The van der Waals surface area contributed by atoms with Gasteiger partial charge in [0.1, 0.15) is 5.70 Å². The number of esters is 2. The summed E-state index contributed by atoms with van der Waals surface area (Å²) >= 11 is 0. The van der Waals surface area contributed by atoms with Gasteiger partial charge in [-0.3, -0.25) is 0 Å². The zero-order valence-electron chi connectivity index (χ0n) is 10.2. The maximum Gasteiger partial charge on any atom is 0.354 e. The topological polar surface area (TPSA) is 64.6 Å². The number of hydrogen-bond donors (Lipinski definition) is 1. The Morgan fingerprint density at radius 3 is 2.47 bits per heavy atom. The van der Waals surface area contributed by atoms with E-state index in [2.05, 4.69) is 14.8 Å². The highest BCUT2D eigenvalue weighted by molar-refractivity contribution is 5.98. The van der Waals surface area contributed by atoms with Crippen molar-refractivity contribution >= 4 is 17.6 Å². The summed E-state index contributed by atoms with van der Waals surface area (Å²) < 4.78 is 35.2. The minimum atomic E-state index is -1.18. The number of benzene rings is 1. The molecule has 102 valence electrons. The molecule has 5 nitrogen and oxygen atoms in total. The van der Waals surface area contributed by atoms with Gasteiger partial charge in [-0.05, 0) is 12.1 Å². The molecule has 0 heterocycles. The van der Waals surface area contributed by atoms with Crippen molar-refractivity contribution in [3.05, 3.63) is 41.6 Å². The van der Waals surface area contributed by atoms with Gasteiger partial charge in [-0.25, -0.2) is 18.4 Å². The zero-order valence-corrected chi connectivity index (χ0v) is 10.2. The second-order valence-electron chi connectivity index (χ2n) is 3.30. The number of nitrogens with one attached hydrogen (secondary N) is 1. The predicted octanol–water partition coefficient (Wildman–Crippen LogP) is 1.61. The highest BCUT2D eigenvalue weighted by Gasteiger charge is 2.16. The van der Waals surface area contributed by atoms with Crippen molar-refractivity contribution < 1.29 is 27.8 Å². The van der Waals surface area contributed by atoms with Crippen LogP contribution in [0.2, 0.25) is 0 Å². The third-order valence-electron chi connectivity index (χ3n) is 2.09. The molecule has 0 aliphatic rings. The SMILES string of the molecule is COC(=O)/C=C(/Nc1cccc(F)c1F)C(=O)OC. The Bertz CT molecular complexity index is 528. The van der Waals surface area contributed by atoms with Crippen LogP contribution in [-0.4, -0.2) is 26.2 Å². The number of rotatable bonds is 4. The van der Waals surface area contributed by atoms with Crippen LogP contribution in [0.25, 0.3) is 0 Å². The Morgan fingerprint density at radius 2 is 1.89 bits per heavy atom. The van der Waals surface area contributed by atoms with E-state index in [1.165, 1.54) is 12.1 Å². The molecule has 0 aromatic heterocycles. The third kappa shape index (κ3) is 3.77. The second kappa shape index (κ2) is 6.48. The normalized spacial score (nSPS) is 10.8. The summed E-state index contributed by atoms with van der Waals surface area (Å²) in [6, 6.07) is 3.36. The van der Waals surface area contributed by atoms with Gasteiger partial charge in [0.15, 0.2) is 11.6 Å². The summed E-state index contributed by atoms with van der Waals surface area (Å²) in [6.07, 6.45) is 0.774. The number of carbonyl (C=O) groups excluding carboxylic acids is 2. The van der Waals surface area contributed by atoms with Gasteiger partial charge in [0.2, 0.25) is 0 Å². The van der Waals surface area contributed by atoms with Crippen LogP contribution in [0.15, 0.2) is 30.0 Å². The maximum atomic E-state index is 13.4. The first-order valence-corrected chi connectivity index (χ1v) is 5.08. The molecule has 0 saturated carbocycles. The molecule has 0 radical (unpaired) electrons. The highest BCUT2D eigenvalue weighted by atomic mass is 19.2. The predicted molar refractivity (Wildman–Crippen MR) is 62.1 cm³/mol. The van der Waals surface area contributed by atoms with E-state index >= 15 is 0 Å². The first-order valence-electron chi connectivity index (χ1n) is 5.08. The van der Waals surface area contributed by atoms with Crippen LogP contribution in [-0.2, 0) is 19.1 Å². The Morgan fingerprint density at radius 1 is 1.21 bits per heavy atom. The van der Waals surface area contributed by atoms with E-state index in [1.807, 2.05) is 0 Å². The van der Waals surface area contributed by atoms with E-state index in [9.17, 15) is 18.4 Å². The molecular formula is C12H11F2NO4. The fourth-order valence-corrected chi connectivity index (χ4v) is 1.18. The number of methoxy groups -OCH3 is 2. The molecule has 1 N–H and O–H groups in total. The summed E-state index contributed by atoms with van der Waals surface area (Å²) in [4.78, 5) is 22.5. The molecule has 1 aromatic carbocycles. The molecule has 0 amide bonds. The van der Waals surface area contributed by atoms with Crippen molar-refractivity contribution in [1.82, 2.24) is 0 Å². The van der Waals surface area contributed by atoms with Crippen LogP contribution in [0, 0.1) is 11.6 Å². The fraction of sp³-hybridized carbons (Fsp3) is 0.167. The van der Waals surface area contributed by atoms with E-state index in [-0.39, 0.29) is 11.4 Å². The van der Waals surface area contributed by atoms with Crippen molar-refractivity contribution in [3.8, 4) is 0 Å². The van der Waals surface area contributed by atoms with E-state index < -0.39 is 23.6 Å². The summed E-state index contributed by atoms with van der Waals surface area (Å²) in [5.41, 5.74) is -0.681. The van der Waals surface area contributed by atoms with E-state index in [4.69, 9.17) is 0 Å². The number of anilines is 1. The molecule has 0 spiro atoms. The Kier molecular flexibility index (Phi) is 4.99. The summed E-state index contributed by atoms with van der Waals surface area (Å²) in [6.45, 7) is 0. The standard InChI is InChI=1S/C12H11F2NO4/c1-18-10(16)6-9(12(17)19-2)15-8-5-3-4-7(13)11(8)14/h3-6,15H,1-2H3/b9-6+. The van der Waals surface area contributed by atoms with Gasteiger partial charge in [-0.1, -0.05) is 6.07 Å². The molecule has 1 aromatic rings. The van der Waals surface area contributed by atoms with E-state index in [1.54, 1.807) is 0 Å². The number of halogens is 2. The third-order valence-corrected chi connectivity index (χ3v) is 2.09. The lowest BCUT2D eigenvalue weighted by Gasteiger charge is -2.09. The molecule has 1 rings (SSSR count). The molecule has 19 heavy (non-hydrogen) atoms. The van der Waals surface area contributed by atoms with Crippen molar-refractivity contribution in [1.29, 1.82) is 0 Å². The van der Waals surface area contributed by atoms with Gasteiger partial charge in [-0.2, -0.15) is 0 Å². The lowest BCUT2D eigenvalue weighted by Crippen LogP contribution is -2.16. The molecule has 7 heteroatoms. The van der Waals surface area contributed by atoms with Crippen molar-refractivity contribution in [2.24, 2.45) is 0 Å². The summed E-state index contributed by atoms with van der Waals surface area (Å²) in [5.74, 6) is -4.03. The fourth-order valence-electron chi connectivity index (χ4n) is 1.18. The van der Waals surface area contributed by atoms with Crippen molar-refractivity contribution in [2.75, 3.05) is 19.5 Å². The van der Waals surface area contributed by atoms with Crippen LogP contribution >= 0.6 is 0 Å². The van der Waals surface area contributed by atoms with Crippen LogP contribution in [0.4, 0.5) is 14.5 Å². The van der Waals surface area contributed by atoms with Crippen LogP contribution < -0.4 is 5.32 Å². The first kappa shape index (κ1) is 14.6. The largest absolute Gasteiger partial charge is 0.466 e. The average molecular weight is 271 g/mol. The molecule has 0 fully saturated rings. The van der Waals surface area contributed by atoms with Crippen LogP contribution in [0.1, 0.15) is 0 Å². The lowest BCUT2D eigenvalue weighted by molar-refractivity contribution is -0.138. The smallest absolute Gasteiger partial charge is 0.354 e. The molecular weight excluding hydrogens is 260 g/mol. The number of carbonyl (C=O) groups is 2. The maximum absolute atomic E-state index is 13.4. The molecule has 0 aliphatic heterocycles. The molecule has 0 aliphatic carbocycles. The Balaban J connectivity index is 3.08. The van der Waals surface area contributed by atoms with Gasteiger partial charge >= 0.3 is 11.9 Å². The molecule has 0 unspecified atom stereocenters. The van der Waals surface area contributed by atoms with Gasteiger partial charge in [0.25, 0.3) is 0 Å². The first-order chi connectivity index (χ1) is 8.99. The monoisotopic (exact) mass is 271 g/mol. The summed E-state index contributed by atoms with van der Waals surface area (Å²) in [5, 5.41) is 2.27. The molecule has 0 atom stereocenters. The van der Waals surface area contributed by atoms with Crippen molar-refractivity contribution in [2.45, 2.75) is 0 Å². The van der Waals surface area contributed by atoms with Gasteiger partial charge in [0, 0.05) is 0 Å². The van der Waals surface area contributed by atoms with Gasteiger partial charge in [0.05, 0.1) is 26.0 Å². The quantitative estimate of drug-likeness (QED) is 0.665. The van der Waals surface area contributed by atoms with Crippen molar-refractivity contribution in [3.63, 3.8) is 0 Å². The average Bonchev–Trinajstić information content (AvgIpc) is 2.41. The zero-order chi connectivity index (χ0) is 14.4. The minimum Gasteiger partial charge on any atom is -0.466 e. The Hall–Kier alpha value is -2.44. The highest BCUT2D eigenvalue weighted by Crippen LogP contribution is 2.18. The number of ether oxygens (including phenoxy) is 2. The summed E-state index contributed by atoms with van der Waals surface area (Å²) in [7, 11) is 2.19. The molecule has 0 bridgehead atoms. The van der Waals surface area contributed by atoms with Gasteiger partial charge in [-0.15, -0.1) is 0 Å². The number of hydrogen-bond acceptors (Lipinski definition) is 5. The minimum absolute atomic E-state index is 0.305. The second-order valence-corrected chi connectivity index (χ2v) is 3.30. The van der Waals surface area contributed by atoms with Crippen LogP contribution in [0.3, 0.4) is 0 Å². The van der Waals surface area contributed by atoms with Gasteiger partial charge < -0.3 is 14.8 Å². The molecule has 0 saturated heterocycles. The van der Waals surface area contributed by atoms with E-state index in [0.29, 0.717) is 0 Å². The lowest BCUT2D eigenvalue weighted by atomic mass is 10.2. The van der Waals surface area contributed by atoms with Crippen LogP contribution in [0.5, 0.6) is 0 Å². The Labute approximate surface area is 107 Å².